The SMILES string of the molecule is C=CCN1CCC(Nc2ccc(C(=O)N3CCC(C)CC3)cn2)CC1. The zero-order valence-corrected chi connectivity index (χ0v) is 15.3. The van der Waals surface area contributed by atoms with E-state index < -0.39 is 0 Å². The summed E-state index contributed by atoms with van der Waals surface area (Å²) < 4.78 is 0. The fraction of sp³-hybridized carbons (Fsp3) is 0.600. The summed E-state index contributed by atoms with van der Waals surface area (Å²) in [4.78, 5) is 21.4. The number of hydrogen-bond donors (Lipinski definition) is 1. The number of pyridine rings is 1. The summed E-state index contributed by atoms with van der Waals surface area (Å²) in [5.41, 5.74) is 0.695. The molecule has 2 saturated heterocycles. The lowest BCUT2D eigenvalue weighted by molar-refractivity contribution is 0.0697. The van der Waals surface area contributed by atoms with Crippen LogP contribution in [0.15, 0.2) is 31.0 Å². The smallest absolute Gasteiger partial charge is 0.255 e. The number of likely N-dealkylation sites (tertiary alicyclic amines) is 2. The fourth-order valence-electron chi connectivity index (χ4n) is 3.65. The highest BCUT2D eigenvalue weighted by atomic mass is 16.2. The van der Waals surface area contributed by atoms with Crippen molar-refractivity contribution in [3.63, 3.8) is 0 Å². The van der Waals surface area contributed by atoms with E-state index in [9.17, 15) is 4.79 Å². The average molecular weight is 342 g/mol. The van der Waals surface area contributed by atoms with Crippen LogP contribution in [-0.4, -0.2) is 59.5 Å². The molecule has 1 aromatic heterocycles. The van der Waals surface area contributed by atoms with E-state index in [1.807, 2.05) is 23.1 Å². The van der Waals surface area contributed by atoms with Gasteiger partial charge in [-0.05, 0) is 43.7 Å². The molecule has 5 heteroatoms. The number of carbonyl (C=O) groups is 1. The predicted octanol–water partition coefficient (Wildman–Crippen LogP) is 3.02. The molecule has 25 heavy (non-hydrogen) atoms. The molecule has 3 heterocycles. The van der Waals surface area contributed by atoms with Gasteiger partial charge in [0.25, 0.3) is 5.91 Å². The molecule has 2 aliphatic heterocycles. The highest BCUT2D eigenvalue weighted by Gasteiger charge is 2.22. The van der Waals surface area contributed by atoms with Crippen molar-refractivity contribution < 1.29 is 4.79 Å². The van der Waals surface area contributed by atoms with E-state index in [1.54, 1.807) is 6.20 Å². The zero-order valence-electron chi connectivity index (χ0n) is 15.3. The first-order chi connectivity index (χ1) is 12.2. The van der Waals surface area contributed by atoms with Crippen molar-refractivity contribution in [2.75, 3.05) is 38.0 Å². The molecular formula is C20H30N4O. The number of hydrogen-bond acceptors (Lipinski definition) is 4. The van der Waals surface area contributed by atoms with Crippen LogP contribution in [0.25, 0.3) is 0 Å². The largest absolute Gasteiger partial charge is 0.367 e. The zero-order chi connectivity index (χ0) is 17.6. The Labute approximate surface area is 151 Å². The summed E-state index contributed by atoms with van der Waals surface area (Å²) in [6.07, 6.45) is 8.11. The fourth-order valence-corrected chi connectivity index (χ4v) is 3.65. The molecule has 136 valence electrons. The second kappa shape index (κ2) is 8.48. The second-order valence-corrected chi connectivity index (χ2v) is 7.41. The minimum absolute atomic E-state index is 0.115. The summed E-state index contributed by atoms with van der Waals surface area (Å²) in [5.74, 6) is 1.71. The van der Waals surface area contributed by atoms with Gasteiger partial charge in [-0.1, -0.05) is 13.0 Å². The van der Waals surface area contributed by atoms with Gasteiger partial charge in [0.1, 0.15) is 5.82 Å². The van der Waals surface area contributed by atoms with Crippen LogP contribution in [0.3, 0.4) is 0 Å². The molecule has 2 aliphatic rings. The lowest BCUT2D eigenvalue weighted by Crippen LogP contribution is -2.39. The van der Waals surface area contributed by atoms with Gasteiger partial charge in [0.2, 0.25) is 0 Å². The summed E-state index contributed by atoms with van der Waals surface area (Å²) in [5, 5.41) is 3.51. The number of aromatic nitrogens is 1. The molecule has 0 saturated carbocycles. The molecule has 1 amide bonds. The van der Waals surface area contributed by atoms with Gasteiger partial charge in [-0.2, -0.15) is 0 Å². The predicted molar refractivity (Wildman–Crippen MR) is 102 cm³/mol. The number of rotatable bonds is 5. The van der Waals surface area contributed by atoms with Crippen molar-refractivity contribution in [3.8, 4) is 0 Å². The first-order valence-corrected chi connectivity index (χ1v) is 9.51. The Morgan fingerprint density at radius 1 is 1.24 bits per heavy atom. The first kappa shape index (κ1) is 17.9. The highest BCUT2D eigenvalue weighted by Crippen LogP contribution is 2.19. The van der Waals surface area contributed by atoms with Crippen LogP contribution >= 0.6 is 0 Å². The van der Waals surface area contributed by atoms with Crippen LogP contribution in [0.2, 0.25) is 0 Å². The third-order valence-corrected chi connectivity index (χ3v) is 5.41. The van der Waals surface area contributed by atoms with Crippen molar-refractivity contribution in [2.24, 2.45) is 5.92 Å². The molecule has 0 spiro atoms. The van der Waals surface area contributed by atoms with Crippen LogP contribution in [0.5, 0.6) is 0 Å². The van der Waals surface area contributed by atoms with Crippen LogP contribution in [0, 0.1) is 5.92 Å². The molecule has 0 bridgehead atoms. The number of nitrogens with zero attached hydrogens (tertiary/aromatic N) is 3. The third-order valence-electron chi connectivity index (χ3n) is 5.41. The Bertz CT molecular complexity index is 570. The summed E-state index contributed by atoms with van der Waals surface area (Å²) in [6.45, 7) is 10.9. The van der Waals surface area contributed by atoms with Gasteiger partial charge in [-0.3, -0.25) is 9.69 Å². The Morgan fingerprint density at radius 2 is 1.96 bits per heavy atom. The Kier molecular flexibility index (Phi) is 6.08. The monoisotopic (exact) mass is 342 g/mol. The molecule has 5 nitrogen and oxygen atoms in total. The van der Waals surface area contributed by atoms with Gasteiger partial charge in [0.05, 0.1) is 5.56 Å². The molecule has 0 aliphatic carbocycles. The van der Waals surface area contributed by atoms with Crippen molar-refractivity contribution in [1.82, 2.24) is 14.8 Å². The standard InChI is InChI=1S/C20H30N4O/c1-3-10-23-11-8-18(9-12-23)22-19-5-4-17(15-21-19)20(25)24-13-6-16(2)7-14-24/h3-5,15-16,18H,1,6-14H2,2H3,(H,21,22). The second-order valence-electron chi connectivity index (χ2n) is 7.41. The average Bonchev–Trinajstić information content (AvgIpc) is 2.64. The Hall–Kier alpha value is -1.88. The molecule has 0 aromatic carbocycles. The van der Waals surface area contributed by atoms with E-state index in [-0.39, 0.29) is 5.91 Å². The first-order valence-electron chi connectivity index (χ1n) is 9.51. The quantitative estimate of drug-likeness (QED) is 0.836. The van der Waals surface area contributed by atoms with E-state index >= 15 is 0 Å². The van der Waals surface area contributed by atoms with Crippen molar-refractivity contribution in [1.29, 1.82) is 0 Å². The summed E-state index contributed by atoms with van der Waals surface area (Å²) in [7, 11) is 0. The summed E-state index contributed by atoms with van der Waals surface area (Å²) in [6, 6.07) is 4.30. The number of nitrogens with one attached hydrogen (secondary N) is 1. The lowest BCUT2D eigenvalue weighted by Gasteiger charge is -2.32. The maximum absolute atomic E-state index is 12.6. The van der Waals surface area contributed by atoms with E-state index in [0.29, 0.717) is 11.6 Å². The van der Waals surface area contributed by atoms with Gasteiger partial charge in [0.15, 0.2) is 0 Å². The molecule has 0 unspecified atom stereocenters. The Morgan fingerprint density at radius 3 is 2.56 bits per heavy atom. The van der Waals surface area contributed by atoms with Gasteiger partial charge in [-0.25, -0.2) is 4.98 Å². The lowest BCUT2D eigenvalue weighted by atomic mass is 9.99. The van der Waals surface area contributed by atoms with Gasteiger partial charge < -0.3 is 10.2 Å². The molecule has 2 fully saturated rings. The number of anilines is 1. The van der Waals surface area contributed by atoms with Crippen molar-refractivity contribution >= 4 is 11.7 Å². The molecule has 0 radical (unpaired) electrons. The van der Waals surface area contributed by atoms with E-state index in [0.717, 1.165) is 70.1 Å². The van der Waals surface area contributed by atoms with Gasteiger partial charge in [0, 0.05) is 45.0 Å². The van der Waals surface area contributed by atoms with Crippen LogP contribution in [0.1, 0.15) is 43.0 Å². The van der Waals surface area contributed by atoms with E-state index in [1.165, 1.54) is 0 Å². The van der Waals surface area contributed by atoms with Crippen LogP contribution in [0.4, 0.5) is 5.82 Å². The normalized spacial score (nSPS) is 20.4. The maximum Gasteiger partial charge on any atom is 0.255 e. The topological polar surface area (TPSA) is 48.5 Å². The Balaban J connectivity index is 1.50. The molecular weight excluding hydrogens is 312 g/mol. The van der Waals surface area contributed by atoms with Crippen LogP contribution in [-0.2, 0) is 0 Å². The van der Waals surface area contributed by atoms with Gasteiger partial charge >= 0.3 is 0 Å². The van der Waals surface area contributed by atoms with Crippen molar-refractivity contribution in [3.05, 3.63) is 36.5 Å². The third kappa shape index (κ3) is 4.82. The highest BCUT2D eigenvalue weighted by molar-refractivity contribution is 5.94. The van der Waals surface area contributed by atoms with Gasteiger partial charge in [-0.15, -0.1) is 6.58 Å². The summed E-state index contributed by atoms with van der Waals surface area (Å²) >= 11 is 0. The number of piperidine rings is 2. The molecule has 1 aromatic rings. The number of carbonyl (C=O) groups excluding carboxylic acids is 1. The maximum atomic E-state index is 12.6. The molecule has 0 atom stereocenters. The van der Waals surface area contributed by atoms with Crippen LogP contribution < -0.4 is 5.32 Å². The van der Waals surface area contributed by atoms with Crippen molar-refractivity contribution in [2.45, 2.75) is 38.6 Å². The minimum Gasteiger partial charge on any atom is -0.367 e. The van der Waals surface area contributed by atoms with E-state index in [2.05, 4.69) is 28.7 Å². The minimum atomic E-state index is 0.115. The van der Waals surface area contributed by atoms with E-state index in [4.69, 9.17) is 0 Å². The number of amides is 1. The molecule has 3 rings (SSSR count). The molecule has 1 N–H and O–H groups in total.